The van der Waals surface area contributed by atoms with Gasteiger partial charge < -0.3 is 10.4 Å². The largest absolute Gasteiger partial charge is 0.479 e. The first kappa shape index (κ1) is 19.7. The summed E-state index contributed by atoms with van der Waals surface area (Å²) in [5, 5.41) is 12.0. The number of benzene rings is 2. The number of rotatable bonds is 5. The fourth-order valence-electron chi connectivity index (χ4n) is 2.71. The molecule has 2 rings (SSSR count). The van der Waals surface area contributed by atoms with Gasteiger partial charge >= 0.3 is 5.97 Å². The lowest BCUT2D eigenvalue weighted by Crippen LogP contribution is -2.34. The minimum atomic E-state index is -3.50. The van der Waals surface area contributed by atoms with Crippen molar-refractivity contribution in [2.24, 2.45) is 0 Å². The van der Waals surface area contributed by atoms with E-state index in [0.29, 0.717) is 11.1 Å². The van der Waals surface area contributed by atoms with Gasteiger partial charge in [0.05, 0.1) is 4.90 Å². The predicted molar refractivity (Wildman–Crippen MR) is 98.0 cm³/mol. The summed E-state index contributed by atoms with van der Waals surface area (Å²) in [6.45, 7) is 5.28. The van der Waals surface area contributed by atoms with Crippen LogP contribution < -0.4 is 5.32 Å². The molecule has 0 aliphatic rings. The summed E-state index contributed by atoms with van der Waals surface area (Å²) in [7, 11) is -3.50. The van der Waals surface area contributed by atoms with Gasteiger partial charge in [-0.05, 0) is 55.2 Å². The van der Waals surface area contributed by atoms with Gasteiger partial charge in [-0.25, -0.2) is 13.2 Å². The number of hydrogen-bond donors (Lipinski definition) is 2. The molecule has 1 unspecified atom stereocenters. The van der Waals surface area contributed by atoms with E-state index in [1.807, 2.05) is 13.0 Å². The van der Waals surface area contributed by atoms with Gasteiger partial charge in [-0.15, -0.1) is 0 Å². The number of sulfone groups is 1. The Bertz CT molecular complexity index is 979. The first-order valence-corrected chi connectivity index (χ1v) is 9.82. The minimum Gasteiger partial charge on any atom is -0.479 e. The standard InChI is InChI=1S/C19H21NO5S/c1-11-6-5-7-15(13(11)3)17(19(22)23)20-18(21)14-9-8-12(2)16(10-14)26(4,24)25/h5-10,17H,1-4H3,(H,20,21)(H,22,23). The molecule has 26 heavy (non-hydrogen) atoms. The smallest absolute Gasteiger partial charge is 0.330 e. The number of carbonyl (C=O) groups is 2. The highest BCUT2D eigenvalue weighted by molar-refractivity contribution is 7.90. The second kappa shape index (κ2) is 7.29. The van der Waals surface area contributed by atoms with Crippen molar-refractivity contribution in [3.63, 3.8) is 0 Å². The summed E-state index contributed by atoms with van der Waals surface area (Å²) in [6.07, 6.45) is 1.06. The molecule has 138 valence electrons. The zero-order valence-electron chi connectivity index (χ0n) is 15.0. The summed E-state index contributed by atoms with van der Waals surface area (Å²) >= 11 is 0. The Kier molecular flexibility index (Phi) is 5.51. The Hall–Kier alpha value is -2.67. The van der Waals surface area contributed by atoms with E-state index in [1.54, 1.807) is 26.0 Å². The van der Waals surface area contributed by atoms with Crippen molar-refractivity contribution in [2.45, 2.75) is 31.7 Å². The van der Waals surface area contributed by atoms with E-state index in [4.69, 9.17) is 0 Å². The molecule has 0 fully saturated rings. The van der Waals surface area contributed by atoms with E-state index in [-0.39, 0.29) is 10.5 Å². The molecule has 0 bridgehead atoms. The van der Waals surface area contributed by atoms with Gasteiger partial charge in [0.1, 0.15) is 0 Å². The second-order valence-corrected chi connectivity index (χ2v) is 8.27. The maximum Gasteiger partial charge on any atom is 0.330 e. The molecule has 6 nitrogen and oxygen atoms in total. The molecule has 0 saturated heterocycles. The quantitative estimate of drug-likeness (QED) is 0.836. The van der Waals surface area contributed by atoms with Crippen molar-refractivity contribution < 1.29 is 23.1 Å². The number of hydrogen-bond acceptors (Lipinski definition) is 4. The van der Waals surface area contributed by atoms with E-state index < -0.39 is 27.8 Å². The van der Waals surface area contributed by atoms with Crippen molar-refractivity contribution in [1.29, 1.82) is 0 Å². The zero-order chi connectivity index (χ0) is 19.6. The fourth-order valence-corrected chi connectivity index (χ4v) is 3.71. The predicted octanol–water partition coefficient (Wildman–Crippen LogP) is 2.57. The Balaban J connectivity index is 2.41. The SMILES string of the molecule is Cc1ccc(C(=O)NC(C(=O)O)c2cccc(C)c2C)cc1S(C)(=O)=O. The van der Waals surface area contributed by atoms with Gasteiger partial charge in [-0.2, -0.15) is 0 Å². The summed E-state index contributed by atoms with van der Waals surface area (Å²) < 4.78 is 23.7. The molecule has 0 aliphatic heterocycles. The molecule has 1 amide bonds. The number of carbonyl (C=O) groups excluding carboxylic acids is 1. The lowest BCUT2D eigenvalue weighted by atomic mass is 9.97. The van der Waals surface area contributed by atoms with Crippen molar-refractivity contribution >= 4 is 21.7 Å². The van der Waals surface area contributed by atoms with Crippen molar-refractivity contribution in [2.75, 3.05) is 6.26 Å². The fraction of sp³-hybridized carbons (Fsp3) is 0.263. The van der Waals surface area contributed by atoms with Crippen molar-refractivity contribution in [3.8, 4) is 0 Å². The molecule has 0 aliphatic carbocycles. The van der Waals surface area contributed by atoms with Gasteiger partial charge in [-0.1, -0.05) is 24.3 Å². The van der Waals surface area contributed by atoms with Crippen LogP contribution in [0.3, 0.4) is 0 Å². The van der Waals surface area contributed by atoms with Crippen LogP contribution in [-0.4, -0.2) is 31.7 Å². The number of aryl methyl sites for hydroxylation is 2. The van der Waals surface area contributed by atoms with E-state index >= 15 is 0 Å². The van der Waals surface area contributed by atoms with Crippen LogP contribution in [0, 0.1) is 20.8 Å². The molecule has 0 spiro atoms. The van der Waals surface area contributed by atoms with Crippen LogP contribution in [0.1, 0.15) is 38.7 Å². The van der Waals surface area contributed by atoms with Gasteiger partial charge in [-0.3, -0.25) is 4.79 Å². The van der Waals surface area contributed by atoms with Gasteiger partial charge in [0, 0.05) is 11.8 Å². The highest BCUT2D eigenvalue weighted by Gasteiger charge is 2.25. The van der Waals surface area contributed by atoms with E-state index in [1.165, 1.54) is 18.2 Å². The number of aliphatic carboxylic acids is 1. The molecule has 0 saturated carbocycles. The summed E-state index contributed by atoms with van der Waals surface area (Å²) in [4.78, 5) is 24.3. The Morgan fingerprint density at radius 2 is 1.69 bits per heavy atom. The molecule has 2 aromatic rings. The van der Waals surface area contributed by atoms with Crippen LogP contribution in [-0.2, 0) is 14.6 Å². The van der Waals surface area contributed by atoms with E-state index in [9.17, 15) is 23.1 Å². The maximum absolute atomic E-state index is 12.6. The second-order valence-electron chi connectivity index (χ2n) is 6.29. The number of nitrogens with one attached hydrogen (secondary N) is 1. The lowest BCUT2D eigenvalue weighted by Gasteiger charge is -2.18. The molecule has 2 aromatic carbocycles. The van der Waals surface area contributed by atoms with Crippen LogP contribution in [0.5, 0.6) is 0 Å². The van der Waals surface area contributed by atoms with Crippen LogP contribution >= 0.6 is 0 Å². The summed E-state index contributed by atoms with van der Waals surface area (Å²) in [5.74, 6) is -1.84. The normalized spacial score (nSPS) is 12.5. The summed E-state index contributed by atoms with van der Waals surface area (Å²) in [6, 6.07) is 8.27. The Labute approximate surface area is 152 Å². The highest BCUT2D eigenvalue weighted by atomic mass is 32.2. The average molecular weight is 375 g/mol. The number of amides is 1. The number of carboxylic acid groups (broad SMARTS) is 1. The molecule has 0 heterocycles. The molecule has 1 atom stereocenters. The molecule has 7 heteroatoms. The highest BCUT2D eigenvalue weighted by Crippen LogP contribution is 2.22. The Morgan fingerprint density at radius 1 is 1.04 bits per heavy atom. The van der Waals surface area contributed by atoms with Crippen LogP contribution in [0.4, 0.5) is 0 Å². The van der Waals surface area contributed by atoms with E-state index in [0.717, 1.165) is 17.4 Å². The Morgan fingerprint density at radius 3 is 2.27 bits per heavy atom. The first-order chi connectivity index (χ1) is 12.0. The zero-order valence-corrected chi connectivity index (χ0v) is 15.8. The molecular formula is C19H21NO5S. The lowest BCUT2D eigenvalue weighted by molar-refractivity contribution is -0.139. The van der Waals surface area contributed by atoms with Crippen molar-refractivity contribution in [1.82, 2.24) is 5.32 Å². The summed E-state index contributed by atoms with van der Waals surface area (Å²) in [5.41, 5.74) is 2.79. The molecule has 0 aromatic heterocycles. The molecule has 2 N–H and O–H groups in total. The van der Waals surface area contributed by atoms with Gasteiger partial charge in [0.2, 0.25) is 0 Å². The van der Waals surface area contributed by atoms with Crippen LogP contribution in [0.25, 0.3) is 0 Å². The average Bonchev–Trinajstić information content (AvgIpc) is 2.54. The van der Waals surface area contributed by atoms with Gasteiger partial charge in [0.15, 0.2) is 15.9 Å². The van der Waals surface area contributed by atoms with Crippen LogP contribution in [0.15, 0.2) is 41.3 Å². The van der Waals surface area contributed by atoms with Crippen molar-refractivity contribution in [3.05, 3.63) is 64.2 Å². The van der Waals surface area contributed by atoms with Gasteiger partial charge in [0.25, 0.3) is 5.91 Å². The third kappa shape index (κ3) is 4.11. The third-order valence-electron chi connectivity index (χ3n) is 4.33. The van der Waals surface area contributed by atoms with Crippen LogP contribution in [0.2, 0.25) is 0 Å². The topological polar surface area (TPSA) is 101 Å². The van der Waals surface area contributed by atoms with E-state index in [2.05, 4.69) is 5.32 Å². The first-order valence-electron chi connectivity index (χ1n) is 7.93. The monoisotopic (exact) mass is 375 g/mol. The molecule has 0 radical (unpaired) electrons. The maximum atomic E-state index is 12.6. The third-order valence-corrected chi connectivity index (χ3v) is 5.57. The number of carboxylic acids is 1. The molecular weight excluding hydrogens is 354 g/mol. The minimum absolute atomic E-state index is 0.0451.